The summed E-state index contributed by atoms with van der Waals surface area (Å²) < 4.78 is 1.78. The molecular weight excluding hydrogens is 408 g/mol. The summed E-state index contributed by atoms with van der Waals surface area (Å²) >= 11 is 1.42. The fourth-order valence-electron chi connectivity index (χ4n) is 3.51. The molecule has 5 rings (SSSR count). The highest BCUT2D eigenvalue weighted by atomic mass is 32.1. The van der Waals surface area contributed by atoms with Crippen LogP contribution in [-0.4, -0.2) is 38.7 Å². The van der Waals surface area contributed by atoms with Crippen LogP contribution in [0.3, 0.4) is 0 Å². The van der Waals surface area contributed by atoms with Gasteiger partial charge in [-0.15, -0.1) is 0 Å². The van der Waals surface area contributed by atoms with Crippen molar-refractivity contribution in [3.05, 3.63) is 53.9 Å². The van der Waals surface area contributed by atoms with Crippen LogP contribution >= 0.6 is 11.3 Å². The van der Waals surface area contributed by atoms with Crippen molar-refractivity contribution in [2.45, 2.75) is 20.8 Å². The number of thiazole rings is 1. The smallest absolute Gasteiger partial charge is 0.268 e. The molecule has 1 aliphatic heterocycles. The lowest BCUT2D eigenvalue weighted by molar-refractivity contribution is 0.103. The van der Waals surface area contributed by atoms with E-state index in [0.717, 1.165) is 40.1 Å². The van der Waals surface area contributed by atoms with Gasteiger partial charge < -0.3 is 10.2 Å². The molecule has 1 saturated heterocycles. The molecule has 1 aromatic carbocycles. The van der Waals surface area contributed by atoms with Gasteiger partial charge in [0.05, 0.1) is 12.4 Å². The number of benzene rings is 1. The number of hydrogen-bond donors (Lipinski definition) is 1. The van der Waals surface area contributed by atoms with E-state index >= 15 is 0 Å². The summed E-state index contributed by atoms with van der Waals surface area (Å²) in [5, 5.41) is 10.1. The number of anilines is 2. The van der Waals surface area contributed by atoms with Crippen LogP contribution in [0.15, 0.2) is 49.1 Å². The van der Waals surface area contributed by atoms with Gasteiger partial charge in [-0.25, -0.2) is 9.97 Å². The first kappa shape index (κ1) is 21.0. The van der Waals surface area contributed by atoms with Gasteiger partial charge in [0.1, 0.15) is 10.7 Å². The molecule has 8 heteroatoms. The number of fused-ring (bicyclic) bond motifs is 1. The highest BCUT2D eigenvalue weighted by Gasteiger charge is 2.25. The molecule has 0 saturated carbocycles. The number of aryl methyl sites for hydroxylation is 1. The molecule has 0 unspecified atom stereocenters. The van der Waals surface area contributed by atoms with Crippen molar-refractivity contribution in [2.75, 3.05) is 23.3 Å². The molecule has 7 nitrogen and oxygen atoms in total. The number of amides is 1. The molecule has 4 aromatic rings. The van der Waals surface area contributed by atoms with Crippen molar-refractivity contribution in [1.29, 1.82) is 0 Å². The van der Waals surface area contributed by atoms with E-state index in [1.54, 1.807) is 17.1 Å². The van der Waals surface area contributed by atoms with E-state index in [4.69, 9.17) is 0 Å². The van der Waals surface area contributed by atoms with Gasteiger partial charge in [0, 0.05) is 44.9 Å². The summed E-state index contributed by atoms with van der Waals surface area (Å²) in [4.78, 5) is 24.2. The second-order valence-electron chi connectivity index (χ2n) is 7.51. The molecule has 4 heterocycles. The van der Waals surface area contributed by atoms with E-state index in [0.29, 0.717) is 16.6 Å². The second-order valence-corrected chi connectivity index (χ2v) is 8.51. The average Bonchev–Trinajstić information content (AvgIpc) is 3.42. The van der Waals surface area contributed by atoms with Crippen LogP contribution in [0.4, 0.5) is 10.9 Å². The van der Waals surface area contributed by atoms with Gasteiger partial charge in [-0.1, -0.05) is 44.2 Å². The van der Waals surface area contributed by atoms with Gasteiger partial charge in [-0.05, 0) is 29.0 Å². The number of hydrogen-bond acceptors (Lipinski definition) is 6. The van der Waals surface area contributed by atoms with E-state index < -0.39 is 0 Å². The van der Waals surface area contributed by atoms with E-state index in [1.807, 2.05) is 45.4 Å². The lowest BCUT2D eigenvalue weighted by Gasteiger charge is -2.36. The minimum atomic E-state index is -0.183. The van der Waals surface area contributed by atoms with Crippen LogP contribution < -0.4 is 10.2 Å². The Morgan fingerprint density at radius 2 is 1.90 bits per heavy atom. The zero-order valence-corrected chi connectivity index (χ0v) is 19.0. The number of aromatic nitrogens is 4. The topological polar surface area (TPSA) is 75.9 Å². The highest BCUT2D eigenvalue weighted by Crippen LogP contribution is 2.29. The molecular formula is C23H28N6OS. The van der Waals surface area contributed by atoms with Gasteiger partial charge in [0.2, 0.25) is 0 Å². The summed E-state index contributed by atoms with van der Waals surface area (Å²) in [5.74, 6) is 1.03. The SMILES string of the molecule is CC.CC1CN(c2ncc(C(=O)Nc3cc4cc(-c5cnn(C)c5)ccc4cn3)s2)C1.[HH]. The first-order valence-electron chi connectivity index (χ1n) is 10.5. The Hall–Kier alpha value is -3.26. The standard InChI is InChI=1S/C21H20N6OS.C2H6.H2/c1-13-10-27(11-13)21-23-9-18(29-21)20(28)25-19-6-16-5-14(3-4-15(16)7-22-19)17-8-24-26(2)12-17;1-2;/h3-9,12-13H,10-11H2,1-2H3,(H,22,25,28);1-2H3;1H. The summed E-state index contributed by atoms with van der Waals surface area (Å²) in [6, 6.07) is 8.06. The first-order valence-corrected chi connectivity index (χ1v) is 11.3. The molecule has 3 aromatic heterocycles. The summed E-state index contributed by atoms with van der Waals surface area (Å²) in [6.07, 6.45) is 7.23. The van der Waals surface area contributed by atoms with Crippen LogP contribution in [0.25, 0.3) is 21.9 Å². The summed E-state index contributed by atoms with van der Waals surface area (Å²) in [5.41, 5.74) is 2.12. The number of nitrogens with zero attached hydrogens (tertiary/aromatic N) is 5. The van der Waals surface area contributed by atoms with E-state index in [-0.39, 0.29) is 7.33 Å². The van der Waals surface area contributed by atoms with Crippen molar-refractivity contribution in [3.8, 4) is 11.1 Å². The number of rotatable bonds is 4. The molecule has 0 aliphatic carbocycles. The molecule has 0 spiro atoms. The Labute approximate surface area is 187 Å². The molecule has 162 valence electrons. The van der Waals surface area contributed by atoms with Crippen molar-refractivity contribution >= 4 is 39.0 Å². The molecule has 1 amide bonds. The predicted octanol–water partition coefficient (Wildman–Crippen LogP) is 5.07. The van der Waals surface area contributed by atoms with Crippen LogP contribution in [0, 0.1) is 5.92 Å². The zero-order chi connectivity index (χ0) is 22.0. The van der Waals surface area contributed by atoms with Crippen molar-refractivity contribution in [3.63, 3.8) is 0 Å². The van der Waals surface area contributed by atoms with E-state index in [1.165, 1.54) is 11.3 Å². The molecule has 31 heavy (non-hydrogen) atoms. The fraction of sp³-hybridized carbons (Fsp3) is 0.304. The van der Waals surface area contributed by atoms with Crippen molar-refractivity contribution in [1.82, 2.24) is 19.7 Å². The van der Waals surface area contributed by atoms with Gasteiger partial charge in [0.15, 0.2) is 5.13 Å². The van der Waals surface area contributed by atoms with Crippen LogP contribution in [0.2, 0.25) is 0 Å². The fourth-order valence-corrected chi connectivity index (χ4v) is 4.34. The van der Waals surface area contributed by atoms with Crippen LogP contribution in [0.5, 0.6) is 0 Å². The lowest BCUT2D eigenvalue weighted by atomic mass is 10.0. The Morgan fingerprint density at radius 3 is 2.61 bits per heavy atom. The molecule has 1 N–H and O–H groups in total. The Morgan fingerprint density at radius 1 is 1.10 bits per heavy atom. The third kappa shape index (κ3) is 4.44. The van der Waals surface area contributed by atoms with Gasteiger partial charge in [-0.2, -0.15) is 5.10 Å². The highest BCUT2D eigenvalue weighted by molar-refractivity contribution is 7.17. The molecule has 1 fully saturated rings. The number of carbonyl (C=O) groups is 1. The maximum Gasteiger partial charge on any atom is 0.268 e. The van der Waals surface area contributed by atoms with E-state index in [9.17, 15) is 4.79 Å². The second kappa shape index (κ2) is 8.85. The van der Waals surface area contributed by atoms with Gasteiger partial charge >= 0.3 is 0 Å². The normalized spacial score (nSPS) is 13.5. The van der Waals surface area contributed by atoms with Crippen molar-refractivity contribution < 1.29 is 6.22 Å². The molecule has 0 radical (unpaired) electrons. The largest absolute Gasteiger partial charge is 0.347 e. The minimum Gasteiger partial charge on any atom is -0.347 e. The Bertz CT molecular complexity index is 1210. The molecule has 0 atom stereocenters. The maximum atomic E-state index is 12.6. The maximum absolute atomic E-state index is 12.6. The number of nitrogens with one attached hydrogen (secondary N) is 1. The Kier molecular flexibility index (Phi) is 5.99. The summed E-state index contributed by atoms with van der Waals surface area (Å²) in [6.45, 7) is 8.21. The number of pyridine rings is 1. The first-order chi connectivity index (χ1) is 15.0. The minimum absolute atomic E-state index is 0. The van der Waals surface area contributed by atoms with Crippen molar-refractivity contribution in [2.24, 2.45) is 13.0 Å². The summed E-state index contributed by atoms with van der Waals surface area (Å²) in [7, 11) is 1.90. The zero-order valence-electron chi connectivity index (χ0n) is 18.2. The predicted molar refractivity (Wildman–Crippen MR) is 129 cm³/mol. The van der Waals surface area contributed by atoms with Crippen LogP contribution in [0.1, 0.15) is 31.9 Å². The third-order valence-electron chi connectivity index (χ3n) is 5.05. The quantitative estimate of drug-likeness (QED) is 0.483. The Balaban J connectivity index is 0.000000938. The lowest BCUT2D eigenvalue weighted by Crippen LogP contribution is -2.45. The number of carbonyl (C=O) groups excluding carboxylic acids is 1. The van der Waals surface area contributed by atoms with Crippen LogP contribution in [-0.2, 0) is 7.05 Å². The van der Waals surface area contributed by atoms with Gasteiger partial charge in [0.25, 0.3) is 5.91 Å². The molecule has 1 aliphatic rings. The third-order valence-corrected chi connectivity index (χ3v) is 6.11. The van der Waals surface area contributed by atoms with Gasteiger partial charge in [-0.3, -0.25) is 9.48 Å². The monoisotopic (exact) mass is 436 g/mol. The van der Waals surface area contributed by atoms with E-state index in [2.05, 4.69) is 44.3 Å². The molecule has 0 bridgehead atoms. The average molecular weight is 437 g/mol.